The number of hydrogen-bond acceptors (Lipinski definition) is 2. The second kappa shape index (κ2) is 7.97. The summed E-state index contributed by atoms with van der Waals surface area (Å²) in [5.74, 6) is 3.00. The molecule has 0 aromatic carbocycles. The zero-order valence-corrected chi connectivity index (χ0v) is 14.2. The van der Waals surface area contributed by atoms with Crippen molar-refractivity contribution in [1.82, 2.24) is 10.2 Å². The predicted molar refractivity (Wildman–Crippen MR) is 90.5 cm³/mol. The summed E-state index contributed by atoms with van der Waals surface area (Å²) >= 11 is 0. The van der Waals surface area contributed by atoms with E-state index in [0.717, 1.165) is 23.8 Å². The van der Waals surface area contributed by atoms with Crippen LogP contribution in [-0.2, 0) is 0 Å². The van der Waals surface area contributed by atoms with Crippen LogP contribution < -0.4 is 5.32 Å². The molecule has 3 rings (SSSR count). The van der Waals surface area contributed by atoms with Crippen LogP contribution in [-0.4, -0.2) is 37.1 Å². The van der Waals surface area contributed by atoms with Gasteiger partial charge in [-0.1, -0.05) is 51.9 Å². The molecular formula is C19H36N2. The zero-order chi connectivity index (χ0) is 14.5. The molecule has 0 aromatic heterocycles. The Bertz CT molecular complexity index is 290. The number of hydrogen-bond donors (Lipinski definition) is 1. The van der Waals surface area contributed by atoms with Gasteiger partial charge in [0.2, 0.25) is 0 Å². The molecule has 2 saturated carbocycles. The Morgan fingerprint density at radius 2 is 1.71 bits per heavy atom. The van der Waals surface area contributed by atoms with Gasteiger partial charge in [0.05, 0.1) is 0 Å². The van der Waals surface area contributed by atoms with Gasteiger partial charge in [-0.2, -0.15) is 0 Å². The van der Waals surface area contributed by atoms with Crippen molar-refractivity contribution in [2.24, 2.45) is 17.8 Å². The molecule has 2 heteroatoms. The second-order valence-corrected chi connectivity index (χ2v) is 8.17. The fourth-order valence-electron chi connectivity index (χ4n) is 4.88. The number of piperazine rings is 1. The highest BCUT2D eigenvalue weighted by Crippen LogP contribution is 2.31. The maximum atomic E-state index is 3.82. The summed E-state index contributed by atoms with van der Waals surface area (Å²) < 4.78 is 0. The van der Waals surface area contributed by atoms with E-state index in [1.165, 1.54) is 90.4 Å². The van der Waals surface area contributed by atoms with Gasteiger partial charge in [-0.15, -0.1) is 0 Å². The number of nitrogens with zero attached hydrogens (tertiary/aromatic N) is 1. The molecule has 2 aliphatic carbocycles. The topological polar surface area (TPSA) is 15.3 Å². The summed E-state index contributed by atoms with van der Waals surface area (Å²) in [7, 11) is 0. The summed E-state index contributed by atoms with van der Waals surface area (Å²) in [6.07, 6.45) is 14.8. The number of rotatable bonds is 4. The zero-order valence-electron chi connectivity index (χ0n) is 14.2. The molecule has 1 atom stereocenters. The summed E-state index contributed by atoms with van der Waals surface area (Å²) in [6, 6.07) is 0.797. The van der Waals surface area contributed by atoms with Crippen LogP contribution in [0, 0.1) is 17.8 Å². The van der Waals surface area contributed by atoms with Crippen molar-refractivity contribution in [2.45, 2.75) is 77.2 Å². The third kappa shape index (κ3) is 4.69. The Labute approximate surface area is 132 Å². The Morgan fingerprint density at radius 1 is 0.952 bits per heavy atom. The van der Waals surface area contributed by atoms with Crippen LogP contribution in [0.15, 0.2) is 0 Å². The van der Waals surface area contributed by atoms with Crippen molar-refractivity contribution in [3.63, 3.8) is 0 Å². The second-order valence-electron chi connectivity index (χ2n) is 8.17. The van der Waals surface area contributed by atoms with Gasteiger partial charge < -0.3 is 10.2 Å². The molecule has 0 aromatic rings. The molecule has 1 unspecified atom stereocenters. The first kappa shape index (κ1) is 15.8. The minimum absolute atomic E-state index is 0.797. The van der Waals surface area contributed by atoms with Gasteiger partial charge in [0.1, 0.15) is 0 Å². The Morgan fingerprint density at radius 3 is 2.48 bits per heavy atom. The highest BCUT2D eigenvalue weighted by molar-refractivity contribution is 4.86. The van der Waals surface area contributed by atoms with E-state index in [-0.39, 0.29) is 0 Å². The molecule has 0 amide bonds. The summed E-state index contributed by atoms with van der Waals surface area (Å²) in [6.45, 7) is 7.63. The lowest BCUT2D eigenvalue weighted by molar-refractivity contribution is 0.134. The van der Waals surface area contributed by atoms with Crippen LogP contribution in [0.25, 0.3) is 0 Å². The lowest BCUT2D eigenvalue weighted by Crippen LogP contribution is -2.54. The molecular weight excluding hydrogens is 256 g/mol. The van der Waals surface area contributed by atoms with Gasteiger partial charge in [-0.05, 0) is 43.6 Å². The van der Waals surface area contributed by atoms with Crippen molar-refractivity contribution >= 4 is 0 Å². The van der Waals surface area contributed by atoms with Crippen molar-refractivity contribution < 1.29 is 0 Å². The summed E-state index contributed by atoms with van der Waals surface area (Å²) in [5.41, 5.74) is 0. The third-order valence-electron chi connectivity index (χ3n) is 6.50. The largest absolute Gasteiger partial charge is 0.311 e. The van der Waals surface area contributed by atoms with Crippen LogP contribution in [0.3, 0.4) is 0 Å². The van der Waals surface area contributed by atoms with Gasteiger partial charge in [-0.25, -0.2) is 0 Å². The Balaban J connectivity index is 1.39. The maximum absolute atomic E-state index is 3.82. The third-order valence-corrected chi connectivity index (χ3v) is 6.50. The first-order valence-corrected chi connectivity index (χ1v) is 9.77. The minimum atomic E-state index is 0.797. The van der Waals surface area contributed by atoms with E-state index in [9.17, 15) is 0 Å². The van der Waals surface area contributed by atoms with E-state index in [2.05, 4.69) is 17.1 Å². The average Bonchev–Trinajstić information content (AvgIpc) is 2.55. The average molecular weight is 293 g/mol. The van der Waals surface area contributed by atoms with E-state index >= 15 is 0 Å². The van der Waals surface area contributed by atoms with E-state index in [1.807, 2.05) is 0 Å². The first-order chi connectivity index (χ1) is 10.3. The molecule has 1 aliphatic heterocycles. The molecule has 122 valence electrons. The molecule has 1 saturated heterocycles. The van der Waals surface area contributed by atoms with Crippen molar-refractivity contribution in [1.29, 1.82) is 0 Å². The van der Waals surface area contributed by atoms with Gasteiger partial charge in [0.15, 0.2) is 0 Å². The molecule has 3 fully saturated rings. The fourth-order valence-corrected chi connectivity index (χ4v) is 4.88. The quantitative estimate of drug-likeness (QED) is 0.840. The van der Waals surface area contributed by atoms with E-state index in [4.69, 9.17) is 0 Å². The maximum Gasteiger partial charge on any atom is 0.0223 e. The fraction of sp³-hybridized carbons (Fsp3) is 1.00. The van der Waals surface area contributed by atoms with Crippen molar-refractivity contribution in [2.75, 3.05) is 26.2 Å². The van der Waals surface area contributed by atoms with Crippen LogP contribution >= 0.6 is 0 Å². The van der Waals surface area contributed by atoms with Crippen molar-refractivity contribution in [3.05, 3.63) is 0 Å². The molecule has 0 bridgehead atoms. The molecule has 0 radical (unpaired) electrons. The standard InChI is InChI=1S/C19H36N2/c1-16-7-9-17(10-8-16)11-13-21-14-12-20-19(15-21)18-5-3-2-4-6-18/h16-20H,2-15H2,1H3. The van der Waals surface area contributed by atoms with Gasteiger partial charge in [-0.3, -0.25) is 0 Å². The summed E-state index contributed by atoms with van der Waals surface area (Å²) in [5, 5.41) is 3.82. The normalized spacial score (nSPS) is 36.7. The molecule has 0 spiro atoms. The van der Waals surface area contributed by atoms with Crippen LogP contribution in [0.5, 0.6) is 0 Å². The van der Waals surface area contributed by atoms with Crippen LogP contribution in [0.4, 0.5) is 0 Å². The highest BCUT2D eigenvalue weighted by Gasteiger charge is 2.28. The molecule has 21 heavy (non-hydrogen) atoms. The molecule has 3 aliphatic rings. The smallest absolute Gasteiger partial charge is 0.0223 e. The van der Waals surface area contributed by atoms with Gasteiger partial charge in [0.25, 0.3) is 0 Å². The first-order valence-electron chi connectivity index (χ1n) is 9.77. The highest BCUT2D eigenvalue weighted by atomic mass is 15.2. The van der Waals surface area contributed by atoms with Gasteiger partial charge >= 0.3 is 0 Å². The van der Waals surface area contributed by atoms with Crippen LogP contribution in [0.2, 0.25) is 0 Å². The predicted octanol–water partition coefficient (Wildman–Crippen LogP) is 4.06. The Kier molecular flexibility index (Phi) is 5.99. The number of nitrogens with one attached hydrogen (secondary N) is 1. The van der Waals surface area contributed by atoms with E-state index < -0.39 is 0 Å². The van der Waals surface area contributed by atoms with E-state index in [0.29, 0.717) is 0 Å². The minimum Gasteiger partial charge on any atom is -0.311 e. The molecule has 2 nitrogen and oxygen atoms in total. The Hall–Kier alpha value is -0.0800. The SMILES string of the molecule is CC1CCC(CCN2CCNC(C3CCCCC3)C2)CC1. The lowest BCUT2D eigenvalue weighted by atomic mass is 9.81. The summed E-state index contributed by atoms with van der Waals surface area (Å²) in [4.78, 5) is 2.77. The van der Waals surface area contributed by atoms with Crippen LogP contribution in [0.1, 0.15) is 71.1 Å². The molecule has 1 heterocycles. The van der Waals surface area contributed by atoms with Crippen molar-refractivity contribution in [3.8, 4) is 0 Å². The lowest BCUT2D eigenvalue weighted by Gasteiger charge is -2.40. The molecule has 1 N–H and O–H groups in total. The van der Waals surface area contributed by atoms with Gasteiger partial charge in [0, 0.05) is 25.7 Å². The van der Waals surface area contributed by atoms with E-state index in [1.54, 1.807) is 0 Å². The monoisotopic (exact) mass is 292 g/mol.